The highest BCUT2D eigenvalue weighted by Gasteiger charge is 2.35. The van der Waals surface area contributed by atoms with Crippen LogP contribution in [0.2, 0.25) is 5.02 Å². The Morgan fingerprint density at radius 3 is 2.93 bits per heavy atom. The molecule has 1 atom stereocenters. The minimum Gasteiger partial charge on any atom is -0.450 e. The summed E-state index contributed by atoms with van der Waals surface area (Å²) in [6.45, 7) is 3.68. The molecule has 2 amide bonds. The van der Waals surface area contributed by atoms with Gasteiger partial charge in [-0.1, -0.05) is 11.6 Å². The molecule has 3 aromatic rings. The van der Waals surface area contributed by atoms with E-state index in [1.54, 1.807) is 24.3 Å². The molecule has 0 spiro atoms. The molecule has 140 valence electrons. The van der Waals surface area contributed by atoms with Crippen LogP contribution >= 0.6 is 23.4 Å². The van der Waals surface area contributed by atoms with Crippen molar-refractivity contribution in [3.63, 3.8) is 0 Å². The van der Waals surface area contributed by atoms with Crippen LogP contribution in [0.15, 0.2) is 50.7 Å². The predicted molar refractivity (Wildman–Crippen MR) is 103 cm³/mol. The lowest BCUT2D eigenvalue weighted by Gasteiger charge is -2.22. The smallest absolute Gasteiger partial charge is 0.324 e. The lowest BCUT2D eigenvalue weighted by molar-refractivity contribution is 0.0624. The van der Waals surface area contributed by atoms with Crippen LogP contribution in [0.1, 0.15) is 19.6 Å². The van der Waals surface area contributed by atoms with Gasteiger partial charge in [-0.05, 0) is 55.9 Å². The topological polar surface area (TPSA) is 94.4 Å². The number of nitrogens with one attached hydrogen (secondary N) is 2. The number of aromatic nitrogens is 2. The molecule has 1 fully saturated rings. The SMILES string of the molecule is CC(C)N1C(=O)N/C(=C\c2ccc(Sc3nc4ccc(Cl)cc4[nH]3)o2)C1O. The van der Waals surface area contributed by atoms with Crippen LogP contribution in [0.4, 0.5) is 4.79 Å². The molecular weight excluding hydrogens is 388 g/mol. The summed E-state index contributed by atoms with van der Waals surface area (Å²) in [7, 11) is 0. The Bertz CT molecular complexity index is 1040. The van der Waals surface area contributed by atoms with Crippen molar-refractivity contribution in [1.82, 2.24) is 20.2 Å². The maximum absolute atomic E-state index is 11.9. The quantitative estimate of drug-likeness (QED) is 0.609. The molecule has 0 aliphatic carbocycles. The maximum atomic E-state index is 11.9. The third-order valence-corrected chi connectivity index (χ3v) is 5.15. The number of amides is 2. The van der Waals surface area contributed by atoms with Gasteiger partial charge in [0.2, 0.25) is 0 Å². The first-order valence-corrected chi connectivity index (χ1v) is 9.52. The molecule has 4 rings (SSSR count). The van der Waals surface area contributed by atoms with E-state index in [2.05, 4.69) is 15.3 Å². The summed E-state index contributed by atoms with van der Waals surface area (Å²) in [5.41, 5.74) is 2.06. The van der Waals surface area contributed by atoms with E-state index in [1.807, 2.05) is 26.0 Å². The van der Waals surface area contributed by atoms with Gasteiger partial charge in [-0.15, -0.1) is 0 Å². The van der Waals surface area contributed by atoms with Gasteiger partial charge in [0.05, 0.1) is 16.7 Å². The first-order chi connectivity index (χ1) is 12.9. The molecule has 0 bridgehead atoms. The number of aromatic amines is 1. The summed E-state index contributed by atoms with van der Waals surface area (Å²) in [4.78, 5) is 21.0. The Labute approximate surface area is 164 Å². The number of imidazole rings is 1. The van der Waals surface area contributed by atoms with Crippen molar-refractivity contribution in [2.75, 3.05) is 0 Å². The van der Waals surface area contributed by atoms with Crippen LogP contribution in [0, 0.1) is 0 Å². The Morgan fingerprint density at radius 1 is 1.37 bits per heavy atom. The van der Waals surface area contributed by atoms with Gasteiger partial charge in [-0.25, -0.2) is 9.78 Å². The highest BCUT2D eigenvalue weighted by Crippen LogP contribution is 2.30. The Hall–Kier alpha value is -2.42. The number of rotatable bonds is 4. The number of carbonyl (C=O) groups is 1. The molecule has 3 heterocycles. The van der Waals surface area contributed by atoms with E-state index in [-0.39, 0.29) is 12.1 Å². The summed E-state index contributed by atoms with van der Waals surface area (Å²) in [5.74, 6) is 0.525. The molecule has 1 aromatic carbocycles. The summed E-state index contributed by atoms with van der Waals surface area (Å²) >= 11 is 7.33. The van der Waals surface area contributed by atoms with Crippen molar-refractivity contribution in [3.05, 3.63) is 46.8 Å². The first kappa shape index (κ1) is 18.0. The average Bonchev–Trinajstić information content (AvgIpc) is 3.26. The molecule has 9 heteroatoms. The molecule has 0 radical (unpaired) electrons. The number of hydrogen-bond donors (Lipinski definition) is 3. The van der Waals surface area contributed by atoms with Crippen molar-refractivity contribution in [2.24, 2.45) is 0 Å². The van der Waals surface area contributed by atoms with Crippen LogP contribution in [0.3, 0.4) is 0 Å². The number of hydrogen-bond acceptors (Lipinski definition) is 5. The number of halogens is 1. The fourth-order valence-corrected chi connectivity index (χ4v) is 3.80. The zero-order valence-corrected chi connectivity index (χ0v) is 16.1. The first-order valence-electron chi connectivity index (χ1n) is 8.32. The van der Waals surface area contributed by atoms with E-state index in [0.29, 0.717) is 26.7 Å². The van der Waals surface area contributed by atoms with Crippen molar-refractivity contribution in [2.45, 2.75) is 36.4 Å². The number of urea groups is 1. The summed E-state index contributed by atoms with van der Waals surface area (Å²) < 4.78 is 5.77. The molecule has 1 aliphatic rings. The van der Waals surface area contributed by atoms with Gasteiger partial charge >= 0.3 is 6.03 Å². The number of benzene rings is 1. The minimum absolute atomic E-state index is 0.116. The zero-order chi connectivity index (χ0) is 19.1. The number of nitrogens with zero attached hydrogens (tertiary/aromatic N) is 2. The fraction of sp³-hybridized carbons (Fsp3) is 0.222. The van der Waals surface area contributed by atoms with E-state index in [1.165, 1.54) is 16.7 Å². The second kappa shape index (κ2) is 6.95. The van der Waals surface area contributed by atoms with Gasteiger partial charge in [-0.2, -0.15) is 0 Å². The Morgan fingerprint density at radius 2 is 2.19 bits per heavy atom. The third kappa shape index (κ3) is 3.55. The molecule has 3 N–H and O–H groups in total. The molecule has 7 nitrogen and oxygen atoms in total. The van der Waals surface area contributed by atoms with Crippen LogP contribution < -0.4 is 5.32 Å². The van der Waals surface area contributed by atoms with Gasteiger partial charge < -0.3 is 19.8 Å². The van der Waals surface area contributed by atoms with E-state index in [0.717, 1.165) is 11.0 Å². The highest BCUT2D eigenvalue weighted by atomic mass is 35.5. The van der Waals surface area contributed by atoms with Crippen LogP contribution in [0.25, 0.3) is 17.1 Å². The second-order valence-electron chi connectivity index (χ2n) is 6.37. The van der Waals surface area contributed by atoms with Crippen LogP contribution in [0.5, 0.6) is 0 Å². The van der Waals surface area contributed by atoms with Gasteiger partial charge in [-0.3, -0.25) is 4.90 Å². The largest absolute Gasteiger partial charge is 0.450 e. The van der Waals surface area contributed by atoms with Gasteiger partial charge in [0.15, 0.2) is 16.5 Å². The molecule has 27 heavy (non-hydrogen) atoms. The van der Waals surface area contributed by atoms with Crippen molar-refractivity contribution in [3.8, 4) is 0 Å². The van der Waals surface area contributed by atoms with E-state index >= 15 is 0 Å². The molecule has 1 unspecified atom stereocenters. The second-order valence-corrected chi connectivity index (χ2v) is 7.80. The number of H-pyrrole nitrogens is 1. The van der Waals surface area contributed by atoms with E-state index in [4.69, 9.17) is 16.0 Å². The Balaban J connectivity index is 1.52. The number of carbonyl (C=O) groups excluding carboxylic acids is 1. The highest BCUT2D eigenvalue weighted by molar-refractivity contribution is 7.99. The lowest BCUT2D eigenvalue weighted by atomic mass is 10.3. The van der Waals surface area contributed by atoms with E-state index < -0.39 is 6.23 Å². The minimum atomic E-state index is -1.01. The standard InChI is InChI=1S/C18H17ClN4O3S/c1-9(2)23-16(24)14(22-18(23)25)8-11-4-6-15(26-11)27-17-20-12-5-3-10(19)7-13(12)21-17/h3-9,16,24H,1-2H3,(H,20,21)(H,22,25)/b14-8-. The molecule has 2 aromatic heterocycles. The third-order valence-electron chi connectivity index (χ3n) is 4.10. The summed E-state index contributed by atoms with van der Waals surface area (Å²) in [6.07, 6.45) is 0.603. The zero-order valence-electron chi connectivity index (χ0n) is 14.6. The molecular formula is C18H17ClN4O3S. The van der Waals surface area contributed by atoms with E-state index in [9.17, 15) is 9.90 Å². The van der Waals surface area contributed by atoms with Crippen molar-refractivity contribution in [1.29, 1.82) is 0 Å². The number of aliphatic hydroxyl groups is 1. The maximum Gasteiger partial charge on any atom is 0.324 e. The molecule has 1 aliphatic heterocycles. The molecule has 0 saturated carbocycles. The van der Waals surface area contributed by atoms with Crippen molar-refractivity contribution < 1.29 is 14.3 Å². The summed E-state index contributed by atoms with van der Waals surface area (Å²) in [5, 5.41) is 14.9. The summed E-state index contributed by atoms with van der Waals surface area (Å²) in [6, 6.07) is 8.59. The lowest BCUT2D eigenvalue weighted by Crippen LogP contribution is -2.39. The fourth-order valence-electron chi connectivity index (χ4n) is 2.86. The number of aliphatic hydroxyl groups excluding tert-OH is 1. The average molecular weight is 405 g/mol. The van der Waals surface area contributed by atoms with Gasteiger partial charge in [0.1, 0.15) is 5.76 Å². The Kier molecular flexibility index (Phi) is 4.63. The number of fused-ring (bicyclic) bond motifs is 1. The van der Waals surface area contributed by atoms with Crippen molar-refractivity contribution >= 4 is 46.5 Å². The van der Waals surface area contributed by atoms with Gasteiger partial charge in [0, 0.05) is 17.1 Å². The molecule has 1 saturated heterocycles. The monoisotopic (exact) mass is 404 g/mol. The normalized spacial score (nSPS) is 18.9. The van der Waals surface area contributed by atoms with Crippen LogP contribution in [-0.4, -0.2) is 38.3 Å². The predicted octanol–water partition coefficient (Wildman–Crippen LogP) is 4.05. The van der Waals surface area contributed by atoms with Crippen LogP contribution in [-0.2, 0) is 0 Å². The number of furan rings is 1. The van der Waals surface area contributed by atoms with Gasteiger partial charge in [0.25, 0.3) is 0 Å².